The van der Waals surface area contributed by atoms with Crippen molar-refractivity contribution in [3.8, 4) is 0 Å². The van der Waals surface area contributed by atoms with Gasteiger partial charge in [0.1, 0.15) is 11.3 Å². The Labute approximate surface area is 142 Å². The summed E-state index contributed by atoms with van der Waals surface area (Å²) in [5.74, 6) is -1.23. The number of halogens is 1. The van der Waals surface area contributed by atoms with Gasteiger partial charge in [-0.05, 0) is 37.1 Å². The van der Waals surface area contributed by atoms with E-state index >= 15 is 0 Å². The number of sulfonamides is 1. The molecule has 3 rings (SSSR count). The van der Waals surface area contributed by atoms with Crippen LogP contribution in [-0.4, -0.2) is 41.9 Å². The predicted molar refractivity (Wildman–Crippen MR) is 86.4 cm³/mol. The average Bonchev–Trinajstić information content (AvgIpc) is 3.08. The second-order valence-corrected chi connectivity index (χ2v) is 8.16. The molecule has 2 heterocycles. The number of aromatic nitrogens is 2. The molecular formula is C14H15FN4O3S2. The van der Waals surface area contributed by atoms with Crippen molar-refractivity contribution in [1.82, 2.24) is 14.5 Å². The molecule has 24 heavy (non-hydrogen) atoms. The third-order valence-corrected chi connectivity index (χ3v) is 6.28. The van der Waals surface area contributed by atoms with E-state index in [1.54, 1.807) is 0 Å². The van der Waals surface area contributed by atoms with Crippen LogP contribution < -0.4 is 5.32 Å². The molecule has 1 aliphatic rings. The van der Waals surface area contributed by atoms with Crippen molar-refractivity contribution in [2.24, 2.45) is 5.92 Å². The molecule has 1 aliphatic heterocycles. The van der Waals surface area contributed by atoms with Crippen LogP contribution in [0.1, 0.15) is 12.8 Å². The molecule has 1 atom stereocenters. The molecule has 0 unspecified atom stereocenters. The molecule has 0 spiro atoms. The summed E-state index contributed by atoms with van der Waals surface area (Å²) in [5, 5.41) is 10.4. The van der Waals surface area contributed by atoms with Gasteiger partial charge in [-0.1, -0.05) is 11.3 Å². The lowest BCUT2D eigenvalue weighted by atomic mass is 9.99. The largest absolute Gasteiger partial charge is 0.300 e. The first-order valence-electron chi connectivity index (χ1n) is 7.29. The van der Waals surface area contributed by atoms with Crippen LogP contribution in [-0.2, 0) is 14.8 Å². The van der Waals surface area contributed by atoms with E-state index in [1.807, 2.05) is 0 Å². The lowest BCUT2D eigenvalue weighted by molar-refractivity contribution is -0.120. The molecule has 128 valence electrons. The van der Waals surface area contributed by atoms with Gasteiger partial charge in [0.25, 0.3) is 0 Å². The summed E-state index contributed by atoms with van der Waals surface area (Å²) >= 11 is 1.20. The Bertz CT molecular complexity index is 809. The highest BCUT2D eigenvalue weighted by Gasteiger charge is 2.33. The van der Waals surface area contributed by atoms with E-state index < -0.39 is 21.8 Å². The van der Waals surface area contributed by atoms with E-state index in [9.17, 15) is 17.6 Å². The Morgan fingerprint density at radius 3 is 2.75 bits per heavy atom. The van der Waals surface area contributed by atoms with E-state index in [4.69, 9.17) is 0 Å². The number of hydrogen-bond donors (Lipinski definition) is 1. The smallest absolute Gasteiger partial charge is 0.243 e. The summed E-state index contributed by atoms with van der Waals surface area (Å²) in [4.78, 5) is 12.3. The fraction of sp³-hybridized carbons (Fsp3) is 0.357. The molecule has 0 radical (unpaired) electrons. The summed E-state index contributed by atoms with van der Waals surface area (Å²) in [6.07, 6.45) is 1.18. The number of anilines is 1. The van der Waals surface area contributed by atoms with Crippen LogP contribution in [0.4, 0.5) is 9.52 Å². The van der Waals surface area contributed by atoms with Gasteiger partial charge < -0.3 is 5.32 Å². The van der Waals surface area contributed by atoms with Crippen molar-refractivity contribution in [2.45, 2.75) is 17.7 Å². The molecule has 10 heteroatoms. The van der Waals surface area contributed by atoms with Gasteiger partial charge in [-0.25, -0.2) is 12.8 Å². The van der Waals surface area contributed by atoms with Crippen LogP contribution in [0, 0.1) is 11.7 Å². The molecule has 2 aromatic rings. The normalized spacial score (nSPS) is 19.1. The average molecular weight is 370 g/mol. The van der Waals surface area contributed by atoms with Gasteiger partial charge in [0.15, 0.2) is 0 Å². The summed E-state index contributed by atoms with van der Waals surface area (Å²) in [6, 6.07) is 4.68. The summed E-state index contributed by atoms with van der Waals surface area (Å²) in [7, 11) is -3.75. The highest BCUT2D eigenvalue weighted by molar-refractivity contribution is 7.89. The fourth-order valence-electron chi connectivity index (χ4n) is 2.57. The Morgan fingerprint density at radius 1 is 1.33 bits per heavy atom. The van der Waals surface area contributed by atoms with Crippen molar-refractivity contribution in [2.75, 3.05) is 18.4 Å². The fourth-order valence-corrected chi connectivity index (χ4v) is 4.54. The first-order chi connectivity index (χ1) is 11.5. The van der Waals surface area contributed by atoms with Gasteiger partial charge in [-0.15, -0.1) is 10.2 Å². The number of piperidine rings is 1. The molecular weight excluding hydrogens is 355 g/mol. The maximum absolute atomic E-state index is 13.0. The standard InChI is InChI=1S/C14H15FN4O3S2/c15-11-3-5-12(6-4-11)24(21,22)19-7-1-2-10(8-19)13(20)17-14-18-16-9-23-14/h3-6,9-10H,1-2,7-8H2,(H,17,18,20)/t10-/m1/s1. The van der Waals surface area contributed by atoms with Gasteiger partial charge in [-0.2, -0.15) is 4.31 Å². The molecule has 1 fully saturated rings. The van der Waals surface area contributed by atoms with Crippen LogP contribution in [0.15, 0.2) is 34.7 Å². The second kappa shape index (κ2) is 6.91. The highest BCUT2D eigenvalue weighted by Crippen LogP contribution is 2.25. The van der Waals surface area contributed by atoms with Crippen LogP contribution in [0.3, 0.4) is 0 Å². The molecule has 1 aromatic carbocycles. The van der Waals surface area contributed by atoms with E-state index in [2.05, 4.69) is 15.5 Å². The van der Waals surface area contributed by atoms with Gasteiger partial charge >= 0.3 is 0 Å². The number of carbonyl (C=O) groups is 1. The van der Waals surface area contributed by atoms with Gasteiger partial charge in [0, 0.05) is 13.1 Å². The van der Waals surface area contributed by atoms with E-state index in [0.717, 1.165) is 12.1 Å². The lowest BCUT2D eigenvalue weighted by Crippen LogP contribution is -2.43. The molecule has 7 nitrogen and oxygen atoms in total. The quantitative estimate of drug-likeness (QED) is 0.885. The second-order valence-electron chi connectivity index (χ2n) is 5.39. The van der Waals surface area contributed by atoms with Gasteiger partial charge in [0.05, 0.1) is 10.8 Å². The van der Waals surface area contributed by atoms with Gasteiger partial charge in [0.2, 0.25) is 21.1 Å². The zero-order valence-electron chi connectivity index (χ0n) is 12.6. The Kier molecular flexibility index (Phi) is 4.88. The minimum atomic E-state index is -3.75. The maximum atomic E-state index is 13.0. The summed E-state index contributed by atoms with van der Waals surface area (Å²) < 4.78 is 39.5. The molecule has 1 saturated heterocycles. The van der Waals surface area contributed by atoms with Crippen molar-refractivity contribution >= 4 is 32.4 Å². The van der Waals surface area contributed by atoms with Crippen molar-refractivity contribution in [3.05, 3.63) is 35.6 Å². The number of hydrogen-bond acceptors (Lipinski definition) is 6. The SMILES string of the molecule is O=C(Nc1nncs1)[C@@H]1CCCN(S(=O)(=O)c2ccc(F)cc2)C1. The maximum Gasteiger partial charge on any atom is 0.243 e. The number of benzene rings is 1. The van der Waals surface area contributed by atoms with Gasteiger partial charge in [-0.3, -0.25) is 4.79 Å². The van der Waals surface area contributed by atoms with Crippen LogP contribution in [0.5, 0.6) is 0 Å². The minimum Gasteiger partial charge on any atom is -0.300 e. The topological polar surface area (TPSA) is 92.3 Å². The molecule has 1 amide bonds. The third-order valence-electron chi connectivity index (χ3n) is 3.80. The molecule has 1 aromatic heterocycles. The minimum absolute atomic E-state index is 0.0223. The van der Waals surface area contributed by atoms with E-state index in [1.165, 1.54) is 33.3 Å². The first-order valence-corrected chi connectivity index (χ1v) is 9.61. The third kappa shape index (κ3) is 3.60. The summed E-state index contributed by atoms with van der Waals surface area (Å²) in [5.41, 5.74) is 1.50. The highest BCUT2D eigenvalue weighted by atomic mass is 32.2. The van der Waals surface area contributed by atoms with E-state index in [0.29, 0.717) is 24.5 Å². The number of nitrogens with one attached hydrogen (secondary N) is 1. The molecule has 1 N–H and O–H groups in total. The van der Waals surface area contributed by atoms with Crippen LogP contribution in [0.2, 0.25) is 0 Å². The molecule has 0 saturated carbocycles. The monoisotopic (exact) mass is 370 g/mol. The zero-order valence-corrected chi connectivity index (χ0v) is 14.2. The Balaban J connectivity index is 1.72. The zero-order chi connectivity index (χ0) is 17.2. The number of carbonyl (C=O) groups excluding carboxylic acids is 1. The molecule has 0 bridgehead atoms. The summed E-state index contributed by atoms with van der Waals surface area (Å²) in [6.45, 7) is 0.423. The first kappa shape index (κ1) is 16.9. The van der Waals surface area contributed by atoms with Crippen molar-refractivity contribution in [1.29, 1.82) is 0 Å². The lowest BCUT2D eigenvalue weighted by Gasteiger charge is -2.31. The number of rotatable bonds is 4. The number of amides is 1. The number of nitrogens with zero attached hydrogens (tertiary/aromatic N) is 3. The van der Waals surface area contributed by atoms with Crippen LogP contribution >= 0.6 is 11.3 Å². The Hall–Kier alpha value is -1.91. The van der Waals surface area contributed by atoms with Crippen LogP contribution in [0.25, 0.3) is 0 Å². The Morgan fingerprint density at radius 2 is 2.08 bits per heavy atom. The predicted octanol–water partition coefficient (Wildman–Crippen LogP) is 1.72. The molecule has 0 aliphatic carbocycles. The van der Waals surface area contributed by atoms with Crippen molar-refractivity contribution < 1.29 is 17.6 Å². The van der Waals surface area contributed by atoms with E-state index in [-0.39, 0.29) is 17.3 Å². The van der Waals surface area contributed by atoms with Crippen molar-refractivity contribution in [3.63, 3.8) is 0 Å².